The van der Waals surface area contributed by atoms with Gasteiger partial charge in [-0.15, -0.1) is 0 Å². The van der Waals surface area contributed by atoms with E-state index in [2.05, 4.69) is 5.32 Å². The van der Waals surface area contributed by atoms with Crippen LogP contribution in [0.3, 0.4) is 0 Å². The summed E-state index contributed by atoms with van der Waals surface area (Å²) in [6.07, 6.45) is 2.89. The zero-order valence-electron chi connectivity index (χ0n) is 16.1. The lowest BCUT2D eigenvalue weighted by atomic mass is 10.1. The highest BCUT2D eigenvalue weighted by Gasteiger charge is 2.06. The minimum absolute atomic E-state index is 0.0896. The van der Waals surface area contributed by atoms with Gasteiger partial charge in [0.2, 0.25) is 5.91 Å². The van der Waals surface area contributed by atoms with Gasteiger partial charge in [-0.3, -0.25) is 14.8 Å². The van der Waals surface area contributed by atoms with Gasteiger partial charge in [0.15, 0.2) is 0 Å². The van der Waals surface area contributed by atoms with Crippen molar-refractivity contribution in [2.75, 3.05) is 5.32 Å². The molecule has 0 aromatic heterocycles. The number of carbonyl (C=O) groups excluding carboxylic acids is 2. The maximum atomic E-state index is 13.7. The van der Waals surface area contributed by atoms with Crippen LogP contribution in [0.1, 0.15) is 21.5 Å². The number of amides is 2. The zero-order valence-corrected chi connectivity index (χ0v) is 16.1. The molecule has 31 heavy (non-hydrogen) atoms. The first-order valence-corrected chi connectivity index (χ1v) is 9.15. The molecule has 3 rings (SSSR count). The van der Waals surface area contributed by atoms with Crippen molar-refractivity contribution in [3.8, 4) is 5.75 Å². The molecule has 0 bridgehead atoms. The minimum Gasteiger partial charge on any atom is -0.489 e. The molecule has 0 heterocycles. The number of anilines is 1. The molecule has 0 aliphatic heterocycles. The van der Waals surface area contributed by atoms with Crippen molar-refractivity contribution in [2.45, 2.75) is 6.61 Å². The first-order valence-electron chi connectivity index (χ1n) is 9.15. The van der Waals surface area contributed by atoms with Crippen molar-refractivity contribution in [1.29, 1.82) is 0 Å². The fourth-order valence-corrected chi connectivity index (χ4v) is 2.63. The number of halogens is 2. The van der Waals surface area contributed by atoms with Gasteiger partial charge in [0.25, 0.3) is 5.91 Å². The van der Waals surface area contributed by atoms with Gasteiger partial charge >= 0.3 is 0 Å². The molecule has 3 aromatic rings. The van der Waals surface area contributed by atoms with E-state index in [-0.39, 0.29) is 23.6 Å². The normalized spacial score (nSPS) is 10.7. The molecule has 0 radical (unpaired) electrons. The van der Waals surface area contributed by atoms with Crippen molar-refractivity contribution >= 4 is 23.6 Å². The van der Waals surface area contributed by atoms with Crippen LogP contribution in [-0.2, 0) is 11.4 Å². The van der Waals surface area contributed by atoms with E-state index in [4.69, 9.17) is 9.94 Å². The van der Waals surface area contributed by atoms with E-state index in [0.717, 1.165) is 12.1 Å². The molecule has 0 unspecified atom stereocenters. The zero-order chi connectivity index (χ0) is 22.2. The average molecular weight is 424 g/mol. The Hall–Kier alpha value is -4.04. The molecule has 3 N–H and O–H groups in total. The molecule has 6 nitrogen and oxygen atoms in total. The number of carbonyl (C=O) groups is 2. The maximum Gasteiger partial charge on any atom is 0.274 e. The number of benzene rings is 3. The quantitative estimate of drug-likeness (QED) is 0.300. The predicted molar refractivity (Wildman–Crippen MR) is 110 cm³/mol. The molecule has 0 spiro atoms. The van der Waals surface area contributed by atoms with Crippen LogP contribution in [0, 0.1) is 11.6 Å². The summed E-state index contributed by atoms with van der Waals surface area (Å²) >= 11 is 0. The Balaban J connectivity index is 1.57. The lowest BCUT2D eigenvalue weighted by Gasteiger charge is -2.09. The number of rotatable bonds is 7. The van der Waals surface area contributed by atoms with Crippen molar-refractivity contribution in [3.63, 3.8) is 0 Å². The molecule has 8 heteroatoms. The summed E-state index contributed by atoms with van der Waals surface area (Å²) in [7, 11) is 0. The summed E-state index contributed by atoms with van der Waals surface area (Å²) in [5.74, 6) is -1.97. The van der Waals surface area contributed by atoms with Crippen LogP contribution in [0.2, 0.25) is 0 Å². The van der Waals surface area contributed by atoms with E-state index in [1.54, 1.807) is 48.0 Å². The van der Waals surface area contributed by atoms with Crippen molar-refractivity contribution in [3.05, 3.63) is 101 Å². The standard InChI is InChI=1S/C23H18F2N2O4/c24-18-10-9-17(21(25)12-18)14-31-20-3-1-2-19(13-20)26-22(28)11-6-15-4-7-16(8-5-15)23(29)27-30/h1-13,30H,14H2,(H,26,28)(H,27,29)/b11-6+. The third-order valence-corrected chi connectivity index (χ3v) is 4.21. The highest BCUT2D eigenvalue weighted by atomic mass is 19.1. The van der Waals surface area contributed by atoms with Gasteiger partial charge in [-0.2, -0.15) is 0 Å². The Morgan fingerprint density at radius 2 is 1.77 bits per heavy atom. The lowest BCUT2D eigenvalue weighted by Crippen LogP contribution is -2.18. The third-order valence-electron chi connectivity index (χ3n) is 4.21. The second-order valence-corrected chi connectivity index (χ2v) is 6.44. The van der Waals surface area contributed by atoms with Crippen LogP contribution in [0.15, 0.2) is 72.8 Å². The summed E-state index contributed by atoms with van der Waals surface area (Å²) in [4.78, 5) is 23.4. The summed E-state index contributed by atoms with van der Waals surface area (Å²) in [6.45, 7) is -0.0896. The second-order valence-electron chi connectivity index (χ2n) is 6.44. The van der Waals surface area contributed by atoms with Crippen LogP contribution in [0.25, 0.3) is 6.08 Å². The van der Waals surface area contributed by atoms with Crippen molar-refractivity contribution < 1.29 is 28.3 Å². The third kappa shape index (κ3) is 6.22. The topological polar surface area (TPSA) is 87.7 Å². The number of hydrogen-bond donors (Lipinski definition) is 3. The minimum atomic E-state index is -0.695. The van der Waals surface area contributed by atoms with Crippen LogP contribution in [-0.4, -0.2) is 17.0 Å². The van der Waals surface area contributed by atoms with Gasteiger partial charge in [-0.25, -0.2) is 14.3 Å². The van der Waals surface area contributed by atoms with Gasteiger partial charge in [-0.1, -0.05) is 18.2 Å². The Kier molecular flexibility index (Phi) is 7.08. The molecule has 0 saturated heterocycles. The van der Waals surface area contributed by atoms with Gasteiger partial charge in [-0.05, 0) is 48.0 Å². The Morgan fingerprint density at radius 3 is 2.48 bits per heavy atom. The fourth-order valence-electron chi connectivity index (χ4n) is 2.63. The molecule has 0 atom stereocenters. The molecule has 0 saturated carbocycles. The first kappa shape index (κ1) is 21.7. The number of hydroxylamine groups is 1. The molecule has 0 fully saturated rings. The van der Waals surface area contributed by atoms with Gasteiger partial charge in [0.1, 0.15) is 24.0 Å². The largest absolute Gasteiger partial charge is 0.489 e. The van der Waals surface area contributed by atoms with Crippen LogP contribution in [0.5, 0.6) is 5.75 Å². The molecular weight excluding hydrogens is 406 g/mol. The smallest absolute Gasteiger partial charge is 0.274 e. The van der Waals surface area contributed by atoms with Gasteiger partial charge in [0, 0.05) is 35.0 Å². The monoisotopic (exact) mass is 424 g/mol. The average Bonchev–Trinajstić information content (AvgIpc) is 2.77. The second kappa shape index (κ2) is 10.1. The molecule has 0 aliphatic carbocycles. The Bertz CT molecular complexity index is 1110. The van der Waals surface area contributed by atoms with E-state index >= 15 is 0 Å². The highest BCUT2D eigenvalue weighted by Crippen LogP contribution is 2.20. The maximum absolute atomic E-state index is 13.7. The van der Waals surface area contributed by atoms with Crippen LogP contribution >= 0.6 is 0 Å². The van der Waals surface area contributed by atoms with E-state index in [1.807, 2.05) is 0 Å². The summed E-state index contributed by atoms with van der Waals surface area (Å²) in [5.41, 5.74) is 3.19. The summed E-state index contributed by atoms with van der Waals surface area (Å²) in [5, 5.41) is 11.3. The van der Waals surface area contributed by atoms with Crippen LogP contribution in [0.4, 0.5) is 14.5 Å². The van der Waals surface area contributed by atoms with E-state index < -0.39 is 17.5 Å². The first-order chi connectivity index (χ1) is 14.9. The number of ether oxygens (including phenoxy) is 1. The summed E-state index contributed by atoms with van der Waals surface area (Å²) < 4.78 is 32.2. The SMILES string of the molecule is O=C(/C=C/c1ccc(C(=O)NO)cc1)Nc1cccc(OCc2ccc(F)cc2F)c1. The predicted octanol–water partition coefficient (Wildman–Crippen LogP) is 4.31. The highest BCUT2D eigenvalue weighted by molar-refractivity contribution is 6.02. The van der Waals surface area contributed by atoms with Crippen LogP contribution < -0.4 is 15.5 Å². The van der Waals surface area contributed by atoms with E-state index in [9.17, 15) is 18.4 Å². The van der Waals surface area contributed by atoms with E-state index in [1.165, 1.54) is 24.3 Å². The van der Waals surface area contributed by atoms with Crippen molar-refractivity contribution in [2.24, 2.45) is 0 Å². The number of hydrogen-bond acceptors (Lipinski definition) is 4. The molecular formula is C23H18F2N2O4. The Morgan fingerprint density at radius 1 is 1.00 bits per heavy atom. The fraction of sp³-hybridized carbons (Fsp3) is 0.0435. The molecule has 2 amide bonds. The summed E-state index contributed by atoms with van der Waals surface area (Å²) in [6, 6.07) is 16.1. The van der Waals surface area contributed by atoms with E-state index in [0.29, 0.717) is 17.0 Å². The van der Waals surface area contributed by atoms with Gasteiger partial charge < -0.3 is 10.1 Å². The molecule has 0 aliphatic rings. The molecule has 158 valence electrons. The van der Waals surface area contributed by atoms with Gasteiger partial charge in [0.05, 0.1) is 0 Å². The lowest BCUT2D eigenvalue weighted by molar-refractivity contribution is -0.111. The number of nitrogens with one attached hydrogen (secondary N) is 2. The van der Waals surface area contributed by atoms with Crippen molar-refractivity contribution in [1.82, 2.24) is 5.48 Å². The molecule has 3 aromatic carbocycles. The Labute approximate surface area is 176 Å².